The first-order valence-corrected chi connectivity index (χ1v) is 7.00. The molecular formula is C16H25NO3. The van der Waals surface area contributed by atoms with E-state index >= 15 is 0 Å². The molecule has 2 rings (SSSR count). The van der Waals surface area contributed by atoms with E-state index in [1.807, 2.05) is 12.1 Å². The second-order valence-electron chi connectivity index (χ2n) is 6.73. The molecule has 112 valence electrons. The molecule has 1 fully saturated rings. The third-order valence-corrected chi connectivity index (χ3v) is 3.46. The van der Waals surface area contributed by atoms with Gasteiger partial charge in [-0.15, -0.1) is 0 Å². The van der Waals surface area contributed by atoms with E-state index in [0.717, 1.165) is 18.7 Å². The summed E-state index contributed by atoms with van der Waals surface area (Å²) in [7, 11) is 1.57. The van der Waals surface area contributed by atoms with Crippen molar-refractivity contribution >= 4 is 0 Å². The monoisotopic (exact) mass is 279 g/mol. The number of methoxy groups -OCH3 is 1. The molecule has 0 aromatic heterocycles. The van der Waals surface area contributed by atoms with Crippen molar-refractivity contribution in [2.24, 2.45) is 0 Å². The molecule has 1 aliphatic heterocycles. The summed E-state index contributed by atoms with van der Waals surface area (Å²) in [6.07, 6.45) is 0. The quantitative estimate of drug-likeness (QED) is 0.924. The van der Waals surface area contributed by atoms with E-state index in [9.17, 15) is 5.11 Å². The van der Waals surface area contributed by atoms with E-state index in [0.29, 0.717) is 12.3 Å². The minimum absolute atomic E-state index is 0.184. The number of benzene rings is 1. The van der Waals surface area contributed by atoms with Crippen LogP contribution in [-0.2, 0) is 11.3 Å². The Labute approximate surface area is 121 Å². The van der Waals surface area contributed by atoms with Gasteiger partial charge >= 0.3 is 0 Å². The Hall–Kier alpha value is -1.26. The normalized spacial score (nSPS) is 21.6. The van der Waals surface area contributed by atoms with E-state index in [1.165, 1.54) is 0 Å². The largest absolute Gasteiger partial charge is 0.504 e. The maximum absolute atomic E-state index is 10.2. The van der Waals surface area contributed by atoms with Crippen LogP contribution in [0, 0.1) is 0 Å². The Morgan fingerprint density at radius 2 is 1.80 bits per heavy atom. The van der Waals surface area contributed by atoms with Crippen LogP contribution in [0.15, 0.2) is 18.2 Å². The zero-order valence-electron chi connectivity index (χ0n) is 13.1. The van der Waals surface area contributed by atoms with E-state index in [2.05, 4.69) is 32.6 Å². The van der Waals surface area contributed by atoms with Crippen LogP contribution in [0.2, 0.25) is 0 Å². The number of para-hydroxylation sites is 1. The van der Waals surface area contributed by atoms with Gasteiger partial charge in [-0.3, -0.25) is 4.90 Å². The average molecular weight is 279 g/mol. The number of ether oxygens (including phenoxy) is 2. The van der Waals surface area contributed by atoms with Crippen molar-refractivity contribution < 1.29 is 14.6 Å². The van der Waals surface area contributed by atoms with Crippen LogP contribution in [0.4, 0.5) is 0 Å². The second kappa shape index (κ2) is 5.26. The number of rotatable bonds is 3. The van der Waals surface area contributed by atoms with Crippen molar-refractivity contribution in [3.05, 3.63) is 23.8 Å². The topological polar surface area (TPSA) is 41.9 Å². The Balaban J connectivity index is 2.17. The van der Waals surface area contributed by atoms with Gasteiger partial charge in [-0.25, -0.2) is 0 Å². The van der Waals surface area contributed by atoms with Crippen LogP contribution in [0.3, 0.4) is 0 Å². The van der Waals surface area contributed by atoms with Crippen molar-refractivity contribution in [2.75, 3.05) is 20.2 Å². The molecule has 0 atom stereocenters. The summed E-state index contributed by atoms with van der Waals surface area (Å²) in [4.78, 5) is 2.32. The lowest BCUT2D eigenvalue weighted by Gasteiger charge is -2.47. The van der Waals surface area contributed by atoms with Crippen LogP contribution in [0.1, 0.15) is 33.3 Å². The maximum Gasteiger partial charge on any atom is 0.162 e. The van der Waals surface area contributed by atoms with Gasteiger partial charge in [-0.1, -0.05) is 12.1 Å². The third kappa shape index (κ3) is 3.44. The van der Waals surface area contributed by atoms with Crippen LogP contribution >= 0.6 is 0 Å². The predicted octanol–water partition coefficient (Wildman–Crippen LogP) is 2.79. The fourth-order valence-corrected chi connectivity index (χ4v) is 3.16. The van der Waals surface area contributed by atoms with Gasteiger partial charge in [0.2, 0.25) is 0 Å². The first-order valence-electron chi connectivity index (χ1n) is 7.00. The van der Waals surface area contributed by atoms with Gasteiger partial charge in [0.15, 0.2) is 11.5 Å². The lowest BCUT2D eigenvalue weighted by molar-refractivity contribution is -0.182. The molecule has 1 heterocycles. The predicted molar refractivity (Wildman–Crippen MR) is 79.2 cm³/mol. The molecule has 20 heavy (non-hydrogen) atoms. The zero-order chi connectivity index (χ0) is 15.0. The van der Waals surface area contributed by atoms with E-state index in [-0.39, 0.29) is 17.0 Å². The molecule has 0 spiro atoms. The van der Waals surface area contributed by atoms with Gasteiger partial charge < -0.3 is 14.6 Å². The van der Waals surface area contributed by atoms with Crippen molar-refractivity contribution in [2.45, 2.75) is 45.4 Å². The number of hydrogen-bond acceptors (Lipinski definition) is 4. The number of nitrogens with zero attached hydrogens (tertiary/aromatic N) is 1. The Bertz CT molecular complexity index is 467. The average Bonchev–Trinajstić information content (AvgIpc) is 2.27. The second-order valence-corrected chi connectivity index (χ2v) is 6.73. The van der Waals surface area contributed by atoms with E-state index in [1.54, 1.807) is 13.2 Å². The summed E-state index contributed by atoms with van der Waals surface area (Å²) < 4.78 is 11.2. The third-order valence-electron chi connectivity index (χ3n) is 3.46. The molecule has 1 aromatic carbocycles. The Morgan fingerprint density at radius 1 is 1.20 bits per heavy atom. The molecule has 1 aromatic rings. The molecule has 4 heteroatoms. The van der Waals surface area contributed by atoms with Crippen molar-refractivity contribution in [1.29, 1.82) is 0 Å². The molecule has 1 N–H and O–H groups in total. The van der Waals surface area contributed by atoms with Gasteiger partial charge in [-0.05, 0) is 33.8 Å². The van der Waals surface area contributed by atoms with Gasteiger partial charge in [0.05, 0.1) is 18.3 Å². The van der Waals surface area contributed by atoms with Gasteiger partial charge in [-0.2, -0.15) is 0 Å². The fourth-order valence-electron chi connectivity index (χ4n) is 3.16. The van der Waals surface area contributed by atoms with Gasteiger partial charge in [0, 0.05) is 25.2 Å². The number of aromatic hydroxyl groups is 1. The Kier molecular flexibility index (Phi) is 3.98. The molecule has 4 nitrogen and oxygen atoms in total. The lowest BCUT2D eigenvalue weighted by atomic mass is 9.98. The SMILES string of the molecule is COc1cccc(CN2CC(C)(C)OC(C)(C)C2)c1O. The maximum atomic E-state index is 10.2. The van der Waals surface area contributed by atoms with Crippen molar-refractivity contribution in [3.8, 4) is 11.5 Å². The number of phenols is 1. The molecule has 0 saturated carbocycles. The summed E-state index contributed by atoms with van der Waals surface area (Å²) in [5, 5.41) is 10.2. The van der Waals surface area contributed by atoms with Crippen LogP contribution < -0.4 is 4.74 Å². The standard InChI is InChI=1S/C16H25NO3/c1-15(2)10-17(11-16(3,4)20-15)9-12-7-6-8-13(19-5)14(12)18/h6-8,18H,9-11H2,1-5H3. The number of morpholine rings is 1. The molecule has 1 aliphatic rings. The molecule has 1 saturated heterocycles. The van der Waals surface area contributed by atoms with Crippen molar-refractivity contribution in [1.82, 2.24) is 4.90 Å². The summed E-state index contributed by atoms with van der Waals surface area (Å²) >= 11 is 0. The summed E-state index contributed by atoms with van der Waals surface area (Å²) in [5.41, 5.74) is 0.518. The molecule has 0 amide bonds. The molecule has 0 unspecified atom stereocenters. The molecule has 0 bridgehead atoms. The Morgan fingerprint density at radius 3 is 2.35 bits per heavy atom. The summed E-state index contributed by atoms with van der Waals surface area (Å²) in [5.74, 6) is 0.756. The van der Waals surface area contributed by atoms with Gasteiger partial charge in [0.25, 0.3) is 0 Å². The highest BCUT2D eigenvalue weighted by atomic mass is 16.5. The highest BCUT2D eigenvalue weighted by molar-refractivity contribution is 5.45. The fraction of sp³-hybridized carbons (Fsp3) is 0.625. The highest BCUT2D eigenvalue weighted by Gasteiger charge is 2.38. The molecule has 0 radical (unpaired) electrons. The van der Waals surface area contributed by atoms with E-state index < -0.39 is 0 Å². The van der Waals surface area contributed by atoms with Crippen molar-refractivity contribution in [3.63, 3.8) is 0 Å². The van der Waals surface area contributed by atoms with Gasteiger partial charge in [0.1, 0.15) is 0 Å². The smallest absolute Gasteiger partial charge is 0.162 e. The van der Waals surface area contributed by atoms with Crippen LogP contribution in [0.5, 0.6) is 11.5 Å². The molecular weight excluding hydrogens is 254 g/mol. The molecule has 0 aliphatic carbocycles. The zero-order valence-corrected chi connectivity index (χ0v) is 13.1. The van der Waals surface area contributed by atoms with E-state index in [4.69, 9.17) is 9.47 Å². The first kappa shape index (κ1) is 15.1. The summed E-state index contributed by atoms with van der Waals surface area (Å²) in [6, 6.07) is 5.62. The first-order chi connectivity index (χ1) is 9.22. The lowest BCUT2D eigenvalue weighted by Crippen LogP contribution is -2.56. The number of phenolic OH excluding ortho intramolecular Hbond substituents is 1. The minimum Gasteiger partial charge on any atom is -0.504 e. The van der Waals surface area contributed by atoms with Crippen LogP contribution in [-0.4, -0.2) is 41.4 Å². The van der Waals surface area contributed by atoms with Crippen LogP contribution in [0.25, 0.3) is 0 Å². The number of hydrogen-bond donors (Lipinski definition) is 1. The highest BCUT2D eigenvalue weighted by Crippen LogP contribution is 2.33. The minimum atomic E-state index is -0.184. The summed E-state index contributed by atoms with van der Waals surface area (Å²) in [6.45, 7) is 10.8.